The summed E-state index contributed by atoms with van der Waals surface area (Å²) in [4.78, 5) is 13.4. The molecule has 2 aliphatic rings. The fourth-order valence-corrected chi connectivity index (χ4v) is 4.45. The number of piperidine rings is 1. The number of fused-ring (bicyclic) bond motifs is 1. The van der Waals surface area contributed by atoms with Gasteiger partial charge in [0.1, 0.15) is 0 Å². The topological polar surface area (TPSA) is 47.6 Å². The molecule has 28 heavy (non-hydrogen) atoms. The maximum atomic E-state index is 13.4. The van der Waals surface area contributed by atoms with Crippen LogP contribution in [0.5, 0.6) is 11.5 Å². The normalized spacial score (nSPS) is 18.7. The smallest absolute Gasteiger partial charge is 0.189 e. The van der Waals surface area contributed by atoms with Crippen LogP contribution >= 0.6 is 0 Å². The number of carbonyl (C=O) groups is 1. The lowest BCUT2D eigenvalue weighted by Crippen LogP contribution is -2.30. The molecule has 0 bridgehead atoms. The number of ketones is 1. The van der Waals surface area contributed by atoms with Gasteiger partial charge in [0.15, 0.2) is 17.3 Å². The van der Waals surface area contributed by atoms with Gasteiger partial charge in [-0.2, -0.15) is 0 Å². The molecule has 0 atom stereocenters. The second kappa shape index (κ2) is 8.19. The Balaban J connectivity index is 1.76. The molecule has 2 aromatic rings. The fraction of sp³-hybridized carbons (Fsp3) is 0.375. The summed E-state index contributed by atoms with van der Waals surface area (Å²) in [5.41, 5.74) is 5.35. The van der Waals surface area contributed by atoms with Crippen LogP contribution in [0, 0.1) is 5.92 Å². The van der Waals surface area contributed by atoms with E-state index in [9.17, 15) is 4.79 Å². The van der Waals surface area contributed by atoms with Crippen molar-refractivity contribution >= 4 is 5.78 Å². The quantitative estimate of drug-likeness (QED) is 0.801. The Morgan fingerprint density at radius 2 is 1.71 bits per heavy atom. The largest absolute Gasteiger partial charge is 0.493 e. The van der Waals surface area contributed by atoms with Gasteiger partial charge in [-0.05, 0) is 61.5 Å². The summed E-state index contributed by atoms with van der Waals surface area (Å²) in [5, 5.41) is 3.44. The van der Waals surface area contributed by atoms with Gasteiger partial charge in [0.25, 0.3) is 0 Å². The van der Waals surface area contributed by atoms with E-state index >= 15 is 0 Å². The molecule has 0 saturated carbocycles. The Kier molecular flexibility index (Phi) is 5.49. The zero-order valence-corrected chi connectivity index (χ0v) is 16.6. The van der Waals surface area contributed by atoms with Crippen molar-refractivity contribution in [3.63, 3.8) is 0 Å². The van der Waals surface area contributed by atoms with Crippen molar-refractivity contribution in [1.29, 1.82) is 0 Å². The summed E-state index contributed by atoms with van der Waals surface area (Å²) < 4.78 is 10.9. The molecule has 0 radical (unpaired) electrons. The number of nitrogens with one attached hydrogen (secondary N) is 1. The van der Waals surface area contributed by atoms with Gasteiger partial charge in [0.05, 0.1) is 14.2 Å². The van der Waals surface area contributed by atoms with Crippen LogP contribution in [-0.2, 0) is 12.8 Å². The average Bonchev–Trinajstić information content (AvgIpc) is 3.07. The van der Waals surface area contributed by atoms with Crippen molar-refractivity contribution in [3.05, 3.63) is 70.3 Å². The highest BCUT2D eigenvalue weighted by Gasteiger charge is 2.32. The number of methoxy groups -OCH3 is 2. The Hall–Kier alpha value is -2.59. The number of rotatable bonds is 5. The van der Waals surface area contributed by atoms with Gasteiger partial charge < -0.3 is 14.8 Å². The molecule has 4 rings (SSSR count). The first kappa shape index (κ1) is 18.8. The predicted octanol–water partition coefficient (Wildman–Crippen LogP) is 3.98. The Labute approximate surface area is 166 Å². The van der Waals surface area contributed by atoms with E-state index in [1.54, 1.807) is 14.2 Å². The van der Waals surface area contributed by atoms with E-state index in [2.05, 4.69) is 29.6 Å². The van der Waals surface area contributed by atoms with Gasteiger partial charge in [0, 0.05) is 17.6 Å². The van der Waals surface area contributed by atoms with Crippen molar-refractivity contribution in [2.24, 2.45) is 5.92 Å². The number of ether oxygens (including phenoxy) is 2. The molecule has 1 N–H and O–H groups in total. The summed E-state index contributed by atoms with van der Waals surface area (Å²) in [6.45, 7) is 2.03. The van der Waals surface area contributed by atoms with E-state index in [-0.39, 0.29) is 5.78 Å². The van der Waals surface area contributed by atoms with Crippen molar-refractivity contribution in [1.82, 2.24) is 5.32 Å². The number of hydrogen-bond acceptors (Lipinski definition) is 4. The molecular formula is C24H27NO3. The summed E-state index contributed by atoms with van der Waals surface area (Å²) in [6.07, 6.45) is 3.69. The minimum Gasteiger partial charge on any atom is -0.493 e. The molecule has 1 aliphatic heterocycles. The Morgan fingerprint density at radius 3 is 2.39 bits per heavy atom. The highest BCUT2D eigenvalue weighted by atomic mass is 16.5. The molecule has 0 aromatic heterocycles. The molecule has 0 unspecified atom stereocenters. The van der Waals surface area contributed by atoms with Crippen LogP contribution < -0.4 is 14.8 Å². The van der Waals surface area contributed by atoms with Gasteiger partial charge in [-0.25, -0.2) is 0 Å². The van der Waals surface area contributed by atoms with Crippen LogP contribution in [0.25, 0.3) is 0 Å². The minimum atomic E-state index is 0.153. The summed E-state index contributed by atoms with van der Waals surface area (Å²) in [7, 11) is 3.24. The van der Waals surface area contributed by atoms with Gasteiger partial charge in [0.2, 0.25) is 0 Å². The third-order valence-corrected chi connectivity index (χ3v) is 5.95. The molecule has 146 valence electrons. The van der Waals surface area contributed by atoms with Crippen LogP contribution in [-0.4, -0.2) is 33.1 Å². The number of benzene rings is 2. The molecule has 4 nitrogen and oxygen atoms in total. The maximum absolute atomic E-state index is 13.4. The lowest BCUT2D eigenvalue weighted by atomic mass is 9.82. The van der Waals surface area contributed by atoms with Crippen molar-refractivity contribution in [2.45, 2.75) is 25.7 Å². The number of hydrogen-bond donors (Lipinski definition) is 1. The van der Waals surface area contributed by atoms with Crippen LogP contribution in [0.4, 0.5) is 0 Å². The van der Waals surface area contributed by atoms with E-state index in [1.807, 2.05) is 18.2 Å². The van der Waals surface area contributed by atoms with Crippen LogP contribution in [0.3, 0.4) is 0 Å². The second-order valence-corrected chi connectivity index (χ2v) is 7.56. The standard InChI is InChI=1S/C24H27NO3/c1-27-22-14-18-13-21(24(26)20(18)15-23(22)28-2)19(17-8-10-25-11-9-17)12-16-6-4-3-5-7-16/h3-7,14-15,17,25H,8-13H2,1-2H3/b21-19-. The van der Waals surface area contributed by atoms with Crippen molar-refractivity contribution < 1.29 is 14.3 Å². The van der Waals surface area contributed by atoms with Crippen molar-refractivity contribution in [2.75, 3.05) is 27.3 Å². The third-order valence-electron chi connectivity index (χ3n) is 5.95. The van der Waals surface area contributed by atoms with E-state index in [1.165, 1.54) is 11.1 Å². The molecular weight excluding hydrogens is 350 g/mol. The van der Waals surface area contributed by atoms with Gasteiger partial charge in [-0.1, -0.05) is 35.9 Å². The molecule has 1 fully saturated rings. The van der Waals surface area contributed by atoms with E-state index < -0.39 is 0 Å². The van der Waals surface area contributed by atoms with E-state index in [0.717, 1.165) is 49.1 Å². The summed E-state index contributed by atoms with van der Waals surface area (Å²) in [5.74, 6) is 1.91. The zero-order chi connectivity index (χ0) is 19.5. The Morgan fingerprint density at radius 1 is 1.04 bits per heavy atom. The van der Waals surface area contributed by atoms with Gasteiger partial charge in [-0.3, -0.25) is 4.79 Å². The van der Waals surface area contributed by atoms with Crippen LogP contribution in [0.15, 0.2) is 53.6 Å². The lowest BCUT2D eigenvalue weighted by Gasteiger charge is -2.27. The molecule has 1 saturated heterocycles. The average molecular weight is 377 g/mol. The van der Waals surface area contributed by atoms with E-state index in [0.29, 0.717) is 23.8 Å². The molecule has 4 heteroatoms. The van der Waals surface area contributed by atoms with Crippen LogP contribution in [0.1, 0.15) is 34.3 Å². The number of Topliss-reactive ketones (excluding diaryl/α,β-unsaturated/α-hetero) is 1. The zero-order valence-electron chi connectivity index (χ0n) is 16.6. The second-order valence-electron chi connectivity index (χ2n) is 7.56. The molecule has 1 heterocycles. The summed E-state index contributed by atoms with van der Waals surface area (Å²) >= 11 is 0. The molecule has 0 spiro atoms. The Bertz CT molecular complexity index is 896. The molecule has 2 aromatic carbocycles. The predicted molar refractivity (Wildman–Crippen MR) is 110 cm³/mol. The first-order valence-corrected chi connectivity index (χ1v) is 9.97. The molecule has 0 amide bonds. The number of carbonyl (C=O) groups excluding carboxylic acids is 1. The number of allylic oxidation sites excluding steroid dienone is 2. The highest BCUT2D eigenvalue weighted by Crippen LogP contribution is 2.40. The fourth-order valence-electron chi connectivity index (χ4n) is 4.45. The van der Waals surface area contributed by atoms with Crippen molar-refractivity contribution in [3.8, 4) is 11.5 Å². The van der Waals surface area contributed by atoms with Crippen LogP contribution in [0.2, 0.25) is 0 Å². The highest BCUT2D eigenvalue weighted by molar-refractivity contribution is 6.14. The lowest BCUT2D eigenvalue weighted by molar-refractivity contribution is 0.103. The first-order valence-electron chi connectivity index (χ1n) is 9.97. The minimum absolute atomic E-state index is 0.153. The van der Waals surface area contributed by atoms with Gasteiger partial charge >= 0.3 is 0 Å². The molecule has 1 aliphatic carbocycles. The summed E-state index contributed by atoms with van der Waals surface area (Å²) in [6, 6.07) is 14.3. The maximum Gasteiger partial charge on any atom is 0.189 e. The third kappa shape index (κ3) is 3.57. The first-order chi connectivity index (χ1) is 13.7. The van der Waals surface area contributed by atoms with Gasteiger partial charge in [-0.15, -0.1) is 0 Å². The SMILES string of the molecule is COc1cc2c(cc1OC)C(=O)/C(=C(/Cc1ccccc1)C1CCNCC1)C2. The van der Waals surface area contributed by atoms with E-state index in [4.69, 9.17) is 9.47 Å². The monoisotopic (exact) mass is 377 g/mol.